The largest absolute Gasteiger partial charge is 0.486 e. The van der Waals surface area contributed by atoms with Crippen LogP contribution in [0.1, 0.15) is 25.3 Å². The third kappa shape index (κ3) is 3.99. The molecule has 1 amide bonds. The van der Waals surface area contributed by atoms with Crippen molar-refractivity contribution in [3.05, 3.63) is 23.8 Å². The zero-order valence-electron chi connectivity index (χ0n) is 14.2. The van der Waals surface area contributed by atoms with Crippen LogP contribution < -0.4 is 14.8 Å². The van der Waals surface area contributed by atoms with Gasteiger partial charge in [0.1, 0.15) is 13.2 Å². The smallest absolute Gasteiger partial charge is 0.240 e. The summed E-state index contributed by atoms with van der Waals surface area (Å²) >= 11 is 0. The van der Waals surface area contributed by atoms with Crippen molar-refractivity contribution >= 4 is 5.91 Å². The summed E-state index contributed by atoms with van der Waals surface area (Å²) in [7, 11) is 0. The summed E-state index contributed by atoms with van der Waals surface area (Å²) in [6.07, 6.45) is 2.70. The number of likely N-dealkylation sites (tertiary alicyclic amines) is 1. The van der Waals surface area contributed by atoms with E-state index in [9.17, 15) is 9.90 Å². The molecule has 2 aliphatic rings. The van der Waals surface area contributed by atoms with E-state index in [1.165, 1.54) is 0 Å². The molecular weight excluding hydrogens is 308 g/mol. The Morgan fingerprint density at radius 3 is 2.67 bits per heavy atom. The van der Waals surface area contributed by atoms with Crippen LogP contribution in [0.25, 0.3) is 0 Å². The zero-order valence-corrected chi connectivity index (χ0v) is 14.2. The van der Waals surface area contributed by atoms with Gasteiger partial charge in [0.25, 0.3) is 0 Å². The number of nitrogens with one attached hydrogen (secondary N) is 1. The molecule has 0 bridgehead atoms. The number of aliphatic hydroxyl groups is 1. The number of nitrogens with zero attached hydrogens (tertiary/aromatic N) is 1. The Hall–Kier alpha value is -1.79. The van der Waals surface area contributed by atoms with Crippen LogP contribution in [0.3, 0.4) is 0 Å². The molecule has 1 saturated heterocycles. The quantitative estimate of drug-likeness (QED) is 0.811. The Morgan fingerprint density at radius 1 is 1.25 bits per heavy atom. The minimum absolute atomic E-state index is 0.00488. The Kier molecular flexibility index (Phi) is 5.58. The first-order chi connectivity index (χ1) is 11.7. The number of carbonyl (C=O) groups excluding carboxylic acids is 1. The lowest BCUT2D eigenvalue weighted by Gasteiger charge is -2.27. The van der Waals surface area contributed by atoms with Gasteiger partial charge in [-0.15, -0.1) is 0 Å². The van der Waals surface area contributed by atoms with Gasteiger partial charge in [-0.2, -0.15) is 0 Å². The fourth-order valence-corrected chi connectivity index (χ4v) is 3.22. The van der Waals surface area contributed by atoms with Gasteiger partial charge in [0.2, 0.25) is 5.91 Å². The maximum atomic E-state index is 12.8. The van der Waals surface area contributed by atoms with Gasteiger partial charge in [0.15, 0.2) is 11.5 Å². The highest BCUT2D eigenvalue weighted by Crippen LogP contribution is 2.31. The van der Waals surface area contributed by atoms with Gasteiger partial charge in [-0.3, -0.25) is 4.79 Å². The number of hydrogen-bond donors (Lipinski definition) is 2. The first-order valence-electron chi connectivity index (χ1n) is 8.71. The number of amides is 1. The molecule has 6 nitrogen and oxygen atoms in total. The van der Waals surface area contributed by atoms with Crippen molar-refractivity contribution in [1.82, 2.24) is 10.2 Å². The van der Waals surface area contributed by atoms with Gasteiger partial charge in [-0.25, -0.2) is 0 Å². The molecule has 6 heteroatoms. The molecule has 1 unspecified atom stereocenters. The van der Waals surface area contributed by atoms with Gasteiger partial charge in [-0.05, 0) is 43.9 Å². The molecule has 0 spiro atoms. The minimum atomic E-state index is -0.340. The van der Waals surface area contributed by atoms with Crippen molar-refractivity contribution < 1.29 is 19.4 Å². The summed E-state index contributed by atoms with van der Waals surface area (Å²) in [5.74, 6) is 1.60. The summed E-state index contributed by atoms with van der Waals surface area (Å²) in [6, 6.07) is 5.36. The Balaban J connectivity index is 1.73. The SMILES string of the molecule is CC(CO)N[C@@H](Cc1ccc2c(c1)OCCO2)C(=O)N1CCCC1. The average molecular weight is 334 g/mol. The molecule has 0 aromatic heterocycles. The number of fused-ring (bicyclic) bond motifs is 1. The fourth-order valence-electron chi connectivity index (χ4n) is 3.22. The van der Waals surface area contributed by atoms with Gasteiger partial charge < -0.3 is 24.8 Å². The standard InChI is InChI=1S/C18H26N2O4/c1-13(12-21)19-15(18(22)20-6-2-3-7-20)10-14-4-5-16-17(11-14)24-9-8-23-16/h4-5,11,13,15,19,21H,2-3,6-10,12H2,1H3/t13?,15-/m0/s1. The van der Waals surface area contributed by atoms with E-state index in [2.05, 4.69) is 5.32 Å². The number of hydrogen-bond acceptors (Lipinski definition) is 5. The second-order valence-corrected chi connectivity index (χ2v) is 6.52. The number of ether oxygens (including phenoxy) is 2. The maximum absolute atomic E-state index is 12.8. The van der Waals surface area contributed by atoms with E-state index in [4.69, 9.17) is 9.47 Å². The summed E-state index contributed by atoms with van der Waals surface area (Å²) in [5.41, 5.74) is 1.02. The van der Waals surface area contributed by atoms with Crippen LogP contribution in [0.5, 0.6) is 11.5 Å². The molecule has 0 saturated carbocycles. The molecule has 0 aliphatic carbocycles. The summed E-state index contributed by atoms with van der Waals surface area (Å²) < 4.78 is 11.2. The molecule has 1 aromatic rings. The molecule has 24 heavy (non-hydrogen) atoms. The molecule has 1 fully saturated rings. The zero-order chi connectivity index (χ0) is 16.9. The lowest BCUT2D eigenvalue weighted by Crippen LogP contribution is -2.50. The molecule has 2 heterocycles. The van der Waals surface area contributed by atoms with Crippen molar-refractivity contribution in [2.75, 3.05) is 32.9 Å². The van der Waals surface area contributed by atoms with Crippen LogP contribution in [-0.4, -0.2) is 60.9 Å². The minimum Gasteiger partial charge on any atom is -0.486 e. The molecule has 2 aliphatic heterocycles. The van der Waals surface area contributed by atoms with Gasteiger partial charge in [-0.1, -0.05) is 6.07 Å². The maximum Gasteiger partial charge on any atom is 0.240 e. The van der Waals surface area contributed by atoms with E-state index in [0.717, 1.165) is 43.0 Å². The van der Waals surface area contributed by atoms with E-state index in [-0.39, 0.29) is 24.6 Å². The number of aliphatic hydroxyl groups excluding tert-OH is 1. The molecule has 2 atom stereocenters. The highest BCUT2D eigenvalue weighted by atomic mass is 16.6. The number of rotatable bonds is 6. The van der Waals surface area contributed by atoms with E-state index in [1.54, 1.807) is 0 Å². The van der Waals surface area contributed by atoms with Crippen LogP contribution in [0.4, 0.5) is 0 Å². The van der Waals surface area contributed by atoms with Crippen molar-refractivity contribution in [3.63, 3.8) is 0 Å². The lowest BCUT2D eigenvalue weighted by atomic mass is 10.0. The molecule has 3 rings (SSSR count). The van der Waals surface area contributed by atoms with Gasteiger partial charge >= 0.3 is 0 Å². The second-order valence-electron chi connectivity index (χ2n) is 6.52. The van der Waals surface area contributed by atoms with Gasteiger partial charge in [0.05, 0.1) is 12.6 Å². The molecule has 0 radical (unpaired) electrons. The van der Waals surface area contributed by atoms with Crippen molar-refractivity contribution in [3.8, 4) is 11.5 Å². The Bertz CT molecular complexity index is 572. The van der Waals surface area contributed by atoms with Crippen LogP contribution >= 0.6 is 0 Å². The summed E-state index contributed by atoms with van der Waals surface area (Å²) in [5, 5.41) is 12.6. The van der Waals surface area contributed by atoms with Crippen molar-refractivity contribution in [2.45, 2.75) is 38.3 Å². The van der Waals surface area contributed by atoms with E-state index < -0.39 is 0 Å². The normalized spacial score (nSPS) is 19.2. The van der Waals surface area contributed by atoms with Crippen molar-refractivity contribution in [2.24, 2.45) is 0 Å². The first-order valence-corrected chi connectivity index (χ1v) is 8.71. The number of benzene rings is 1. The second kappa shape index (κ2) is 7.85. The van der Waals surface area contributed by atoms with Crippen LogP contribution in [0.15, 0.2) is 18.2 Å². The highest BCUT2D eigenvalue weighted by Gasteiger charge is 2.28. The Labute approximate surface area is 142 Å². The molecule has 1 aromatic carbocycles. The van der Waals surface area contributed by atoms with E-state index in [0.29, 0.717) is 19.6 Å². The lowest BCUT2D eigenvalue weighted by molar-refractivity contribution is -0.132. The summed E-state index contributed by atoms with van der Waals surface area (Å²) in [6.45, 7) is 4.65. The topological polar surface area (TPSA) is 71.0 Å². The van der Waals surface area contributed by atoms with Crippen LogP contribution in [0.2, 0.25) is 0 Å². The predicted molar refractivity (Wildman–Crippen MR) is 90.4 cm³/mol. The molecule has 2 N–H and O–H groups in total. The summed E-state index contributed by atoms with van der Waals surface area (Å²) in [4.78, 5) is 14.7. The third-order valence-electron chi connectivity index (χ3n) is 4.52. The third-order valence-corrected chi connectivity index (χ3v) is 4.52. The van der Waals surface area contributed by atoms with E-state index >= 15 is 0 Å². The van der Waals surface area contributed by atoms with E-state index in [1.807, 2.05) is 30.0 Å². The van der Waals surface area contributed by atoms with Gasteiger partial charge in [0, 0.05) is 19.1 Å². The molecular formula is C18H26N2O4. The van der Waals surface area contributed by atoms with Crippen molar-refractivity contribution in [1.29, 1.82) is 0 Å². The highest BCUT2D eigenvalue weighted by molar-refractivity contribution is 5.82. The predicted octanol–water partition coefficient (Wildman–Crippen LogP) is 0.962. The molecule has 132 valence electrons. The Morgan fingerprint density at radius 2 is 1.96 bits per heavy atom. The monoisotopic (exact) mass is 334 g/mol. The first kappa shape index (κ1) is 17.0. The number of carbonyl (C=O) groups is 1. The average Bonchev–Trinajstić information content (AvgIpc) is 3.15. The fraction of sp³-hybridized carbons (Fsp3) is 0.611. The van der Waals surface area contributed by atoms with Crippen LogP contribution in [-0.2, 0) is 11.2 Å². The van der Waals surface area contributed by atoms with Crippen LogP contribution in [0, 0.1) is 0 Å².